The van der Waals surface area contributed by atoms with Gasteiger partial charge in [-0.25, -0.2) is 0 Å². The van der Waals surface area contributed by atoms with Gasteiger partial charge in [-0.1, -0.05) is 15.9 Å². The lowest BCUT2D eigenvalue weighted by Crippen LogP contribution is -2.23. The quantitative estimate of drug-likeness (QED) is 0.944. The summed E-state index contributed by atoms with van der Waals surface area (Å²) in [5.41, 5.74) is 1.42. The molecule has 94 valence electrons. The summed E-state index contributed by atoms with van der Waals surface area (Å²) in [5.74, 6) is 0.356. The van der Waals surface area contributed by atoms with Crippen LogP contribution in [0, 0.1) is 0 Å². The second kappa shape index (κ2) is 5.73. The van der Waals surface area contributed by atoms with Crippen LogP contribution in [0.4, 0.5) is 0 Å². The molecule has 0 bridgehead atoms. The molecule has 0 aliphatic rings. The van der Waals surface area contributed by atoms with Crippen molar-refractivity contribution in [3.63, 3.8) is 0 Å². The number of hydrogen-bond acceptors (Lipinski definition) is 3. The van der Waals surface area contributed by atoms with E-state index in [0.29, 0.717) is 17.9 Å². The van der Waals surface area contributed by atoms with Gasteiger partial charge in [-0.05, 0) is 24.3 Å². The third-order valence-corrected chi connectivity index (χ3v) is 2.93. The van der Waals surface area contributed by atoms with Gasteiger partial charge in [0, 0.05) is 16.6 Å². The molecule has 18 heavy (non-hydrogen) atoms. The van der Waals surface area contributed by atoms with E-state index in [1.54, 1.807) is 36.8 Å². The molecule has 5 heteroatoms. The summed E-state index contributed by atoms with van der Waals surface area (Å²) < 4.78 is 11.0. The van der Waals surface area contributed by atoms with E-state index in [4.69, 9.17) is 9.15 Å². The second-order valence-electron chi connectivity index (χ2n) is 3.66. The van der Waals surface area contributed by atoms with Crippen molar-refractivity contribution in [2.45, 2.75) is 6.54 Å². The van der Waals surface area contributed by atoms with E-state index in [1.165, 1.54) is 7.11 Å². The summed E-state index contributed by atoms with van der Waals surface area (Å²) in [4.78, 5) is 12.0. The number of amides is 1. The summed E-state index contributed by atoms with van der Waals surface area (Å²) >= 11 is 3.33. The average molecular weight is 310 g/mol. The van der Waals surface area contributed by atoms with Crippen LogP contribution >= 0.6 is 15.9 Å². The van der Waals surface area contributed by atoms with E-state index >= 15 is 0 Å². The highest BCUT2D eigenvalue weighted by molar-refractivity contribution is 9.10. The van der Waals surface area contributed by atoms with Gasteiger partial charge < -0.3 is 14.5 Å². The Morgan fingerprint density at radius 3 is 2.94 bits per heavy atom. The predicted molar refractivity (Wildman–Crippen MR) is 70.6 cm³/mol. The lowest BCUT2D eigenvalue weighted by molar-refractivity contribution is 0.0948. The zero-order valence-electron chi connectivity index (χ0n) is 9.77. The van der Waals surface area contributed by atoms with Crippen LogP contribution in [0.1, 0.15) is 15.9 Å². The van der Waals surface area contributed by atoms with Crippen molar-refractivity contribution in [2.24, 2.45) is 0 Å². The second-order valence-corrected chi connectivity index (χ2v) is 4.57. The van der Waals surface area contributed by atoms with Gasteiger partial charge in [-0.2, -0.15) is 0 Å². The minimum absolute atomic E-state index is 0.180. The molecule has 2 rings (SSSR count). The van der Waals surface area contributed by atoms with Crippen LogP contribution in [-0.4, -0.2) is 13.0 Å². The zero-order valence-corrected chi connectivity index (χ0v) is 11.4. The Morgan fingerprint density at radius 2 is 2.28 bits per heavy atom. The van der Waals surface area contributed by atoms with Gasteiger partial charge in [-0.15, -0.1) is 0 Å². The molecule has 0 atom stereocenters. The van der Waals surface area contributed by atoms with Gasteiger partial charge >= 0.3 is 0 Å². The molecule has 0 fully saturated rings. The number of carbonyl (C=O) groups excluding carboxylic acids is 1. The Balaban J connectivity index is 2.09. The number of hydrogen-bond donors (Lipinski definition) is 1. The molecule has 1 heterocycles. The van der Waals surface area contributed by atoms with Crippen molar-refractivity contribution in [3.8, 4) is 5.75 Å². The number of halogens is 1. The maximum atomic E-state index is 12.0. The van der Waals surface area contributed by atoms with Crippen molar-refractivity contribution in [1.82, 2.24) is 5.32 Å². The predicted octanol–water partition coefficient (Wildman–Crippen LogP) is 2.98. The van der Waals surface area contributed by atoms with E-state index in [0.717, 1.165) is 10.0 Å². The summed E-state index contributed by atoms with van der Waals surface area (Å²) in [6.45, 7) is 0.425. The highest BCUT2D eigenvalue weighted by Crippen LogP contribution is 2.23. The maximum Gasteiger partial charge on any atom is 0.255 e. The normalized spacial score (nSPS) is 10.1. The van der Waals surface area contributed by atoms with Crippen LogP contribution in [-0.2, 0) is 6.54 Å². The standard InChI is InChI=1S/C13H12BrNO3/c1-17-12-6-10(14)2-3-11(12)13(16)15-7-9-4-5-18-8-9/h2-6,8H,7H2,1H3,(H,15,16). The summed E-state index contributed by atoms with van der Waals surface area (Å²) in [5, 5.41) is 2.80. The highest BCUT2D eigenvalue weighted by atomic mass is 79.9. The van der Waals surface area contributed by atoms with Crippen molar-refractivity contribution in [2.75, 3.05) is 7.11 Å². The SMILES string of the molecule is COc1cc(Br)ccc1C(=O)NCc1ccoc1. The Morgan fingerprint density at radius 1 is 1.44 bits per heavy atom. The van der Waals surface area contributed by atoms with Gasteiger partial charge in [0.2, 0.25) is 0 Å². The first-order chi connectivity index (χ1) is 8.70. The first-order valence-corrected chi connectivity index (χ1v) is 6.13. The molecule has 1 aromatic carbocycles. The number of nitrogens with one attached hydrogen (secondary N) is 1. The van der Waals surface area contributed by atoms with Crippen LogP contribution in [0.5, 0.6) is 5.75 Å². The Bertz CT molecular complexity index is 537. The molecule has 4 nitrogen and oxygen atoms in total. The van der Waals surface area contributed by atoms with E-state index < -0.39 is 0 Å². The Hall–Kier alpha value is -1.75. The minimum Gasteiger partial charge on any atom is -0.496 e. The molecule has 0 aliphatic carbocycles. The third kappa shape index (κ3) is 2.92. The molecule has 0 spiro atoms. The number of carbonyl (C=O) groups is 1. The molecule has 0 aliphatic heterocycles. The first kappa shape index (κ1) is 12.7. The Labute approximate surface area is 113 Å². The third-order valence-electron chi connectivity index (χ3n) is 2.44. The van der Waals surface area contributed by atoms with Crippen molar-refractivity contribution in [1.29, 1.82) is 0 Å². The topological polar surface area (TPSA) is 51.5 Å². The van der Waals surface area contributed by atoms with E-state index in [-0.39, 0.29) is 5.91 Å². The lowest BCUT2D eigenvalue weighted by atomic mass is 10.2. The number of furan rings is 1. The number of ether oxygens (including phenoxy) is 1. The van der Waals surface area contributed by atoms with Crippen LogP contribution < -0.4 is 10.1 Å². The molecular weight excluding hydrogens is 298 g/mol. The number of methoxy groups -OCH3 is 1. The van der Waals surface area contributed by atoms with E-state index in [2.05, 4.69) is 21.2 Å². The maximum absolute atomic E-state index is 12.0. The van der Waals surface area contributed by atoms with Gasteiger partial charge in [0.15, 0.2) is 0 Å². The van der Waals surface area contributed by atoms with Gasteiger partial charge in [0.25, 0.3) is 5.91 Å². The minimum atomic E-state index is -0.180. The van der Waals surface area contributed by atoms with Gasteiger partial charge in [0.05, 0.1) is 25.2 Å². The van der Waals surface area contributed by atoms with Crippen LogP contribution in [0.25, 0.3) is 0 Å². The zero-order chi connectivity index (χ0) is 13.0. The van der Waals surface area contributed by atoms with Crippen molar-refractivity contribution in [3.05, 3.63) is 52.4 Å². The van der Waals surface area contributed by atoms with E-state index in [9.17, 15) is 4.79 Å². The van der Waals surface area contributed by atoms with Crippen LogP contribution in [0.2, 0.25) is 0 Å². The number of rotatable bonds is 4. The molecule has 0 saturated heterocycles. The first-order valence-electron chi connectivity index (χ1n) is 5.33. The monoisotopic (exact) mass is 309 g/mol. The van der Waals surface area contributed by atoms with E-state index in [1.807, 2.05) is 0 Å². The fourth-order valence-corrected chi connectivity index (χ4v) is 1.86. The fourth-order valence-electron chi connectivity index (χ4n) is 1.52. The van der Waals surface area contributed by atoms with Crippen molar-refractivity contribution < 1.29 is 13.9 Å². The molecule has 1 aromatic heterocycles. The lowest BCUT2D eigenvalue weighted by Gasteiger charge is -2.09. The van der Waals surface area contributed by atoms with Gasteiger partial charge in [-0.3, -0.25) is 4.79 Å². The average Bonchev–Trinajstić information content (AvgIpc) is 2.88. The Kier molecular flexibility index (Phi) is 4.04. The number of benzene rings is 1. The molecular formula is C13H12BrNO3. The summed E-state index contributed by atoms with van der Waals surface area (Å²) in [6.07, 6.45) is 3.17. The molecule has 0 radical (unpaired) electrons. The van der Waals surface area contributed by atoms with Crippen molar-refractivity contribution >= 4 is 21.8 Å². The summed E-state index contributed by atoms with van der Waals surface area (Å²) in [7, 11) is 1.54. The molecule has 1 amide bonds. The molecule has 0 saturated carbocycles. The smallest absolute Gasteiger partial charge is 0.255 e. The summed E-state index contributed by atoms with van der Waals surface area (Å²) in [6, 6.07) is 7.08. The van der Waals surface area contributed by atoms with Crippen LogP contribution in [0.15, 0.2) is 45.7 Å². The molecule has 1 N–H and O–H groups in total. The molecule has 0 unspecified atom stereocenters. The highest BCUT2D eigenvalue weighted by Gasteiger charge is 2.12. The fraction of sp³-hybridized carbons (Fsp3) is 0.154. The van der Waals surface area contributed by atoms with Gasteiger partial charge in [0.1, 0.15) is 5.75 Å². The van der Waals surface area contributed by atoms with Crippen LogP contribution in [0.3, 0.4) is 0 Å². The largest absolute Gasteiger partial charge is 0.496 e. The molecule has 2 aromatic rings.